The summed E-state index contributed by atoms with van der Waals surface area (Å²) in [5.74, 6) is 0.845. The maximum Gasteiger partial charge on any atom is 0.244 e. The Balaban J connectivity index is 2.31. The third kappa shape index (κ3) is 3.81. The Bertz CT molecular complexity index is 770. The SMILES string of the molecule is COc1cc(C)c(CN(C)C(=O)C2(S(C)(=O)=O)CCNCC2)cc1OC. The van der Waals surface area contributed by atoms with Crippen LogP contribution in [0.15, 0.2) is 12.1 Å². The van der Waals surface area contributed by atoms with Crippen LogP contribution < -0.4 is 14.8 Å². The minimum absolute atomic E-state index is 0.292. The first kappa shape index (κ1) is 20.5. The molecule has 1 aliphatic heterocycles. The third-order valence-corrected chi connectivity index (χ3v) is 7.11. The molecule has 0 spiro atoms. The quantitative estimate of drug-likeness (QED) is 0.792. The lowest BCUT2D eigenvalue weighted by atomic mass is 9.95. The van der Waals surface area contributed by atoms with E-state index in [9.17, 15) is 13.2 Å². The standard InChI is InChI=1S/C18H28N2O5S/c1-13-10-15(24-3)16(25-4)11-14(13)12-20(2)17(21)18(26(5,22)23)6-8-19-9-7-18/h10-11,19H,6-9,12H2,1-5H3. The van der Waals surface area contributed by atoms with Crippen LogP contribution in [0.2, 0.25) is 0 Å². The average molecular weight is 384 g/mol. The lowest BCUT2D eigenvalue weighted by Gasteiger charge is -2.37. The molecule has 1 amide bonds. The molecule has 7 nitrogen and oxygen atoms in total. The average Bonchev–Trinajstić information content (AvgIpc) is 2.61. The van der Waals surface area contributed by atoms with E-state index in [1.54, 1.807) is 21.3 Å². The zero-order chi connectivity index (χ0) is 19.5. The summed E-state index contributed by atoms with van der Waals surface area (Å²) in [5, 5.41) is 3.13. The molecule has 0 bridgehead atoms. The van der Waals surface area contributed by atoms with Crippen molar-refractivity contribution in [3.8, 4) is 11.5 Å². The number of benzene rings is 1. The molecule has 0 aliphatic carbocycles. The summed E-state index contributed by atoms with van der Waals surface area (Å²) < 4.78 is 34.2. The van der Waals surface area contributed by atoms with Crippen molar-refractivity contribution in [2.24, 2.45) is 0 Å². The molecule has 1 N–H and O–H groups in total. The van der Waals surface area contributed by atoms with Gasteiger partial charge in [-0.25, -0.2) is 8.42 Å². The second-order valence-electron chi connectivity index (χ2n) is 6.81. The normalized spacial score (nSPS) is 16.8. The molecule has 26 heavy (non-hydrogen) atoms. The number of sulfone groups is 1. The Morgan fingerprint density at radius 1 is 1.19 bits per heavy atom. The molecule has 1 fully saturated rings. The molecule has 8 heteroatoms. The van der Waals surface area contributed by atoms with Crippen LogP contribution >= 0.6 is 0 Å². The van der Waals surface area contributed by atoms with Gasteiger partial charge in [-0.15, -0.1) is 0 Å². The fourth-order valence-corrected chi connectivity index (χ4v) is 4.86. The summed E-state index contributed by atoms with van der Waals surface area (Å²) in [6, 6.07) is 3.68. The maximum atomic E-state index is 13.1. The first-order valence-electron chi connectivity index (χ1n) is 8.53. The van der Waals surface area contributed by atoms with E-state index >= 15 is 0 Å². The Morgan fingerprint density at radius 3 is 2.23 bits per heavy atom. The number of ether oxygens (including phenoxy) is 2. The number of methoxy groups -OCH3 is 2. The molecule has 1 aromatic rings. The van der Waals surface area contributed by atoms with Gasteiger partial charge in [0.25, 0.3) is 0 Å². The lowest BCUT2D eigenvalue weighted by molar-refractivity contribution is -0.134. The first-order valence-corrected chi connectivity index (χ1v) is 10.4. The van der Waals surface area contributed by atoms with Gasteiger partial charge in [0.15, 0.2) is 26.1 Å². The smallest absolute Gasteiger partial charge is 0.244 e. The van der Waals surface area contributed by atoms with Gasteiger partial charge in [0.05, 0.1) is 14.2 Å². The number of aryl methyl sites for hydroxylation is 1. The molecule has 1 saturated heterocycles. The van der Waals surface area contributed by atoms with Crippen LogP contribution in [0.1, 0.15) is 24.0 Å². The zero-order valence-corrected chi connectivity index (χ0v) is 16.9. The highest BCUT2D eigenvalue weighted by atomic mass is 32.2. The predicted molar refractivity (Wildman–Crippen MR) is 100 cm³/mol. The van der Waals surface area contributed by atoms with Crippen molar-refractivity contribution in [3.63, 3.8) is 0 Å². The van der Waals surface area contributed by atoms with E-state index in [0.29, 0.717) is 44.0 Å². The predicted octanol–water partition coefficient (Wildman–Crippen LogP) is 1.14. The molecule has 146 valence electrons. The minimum atomic E-state index is -3.53. The van der Waals surface area contributed by atoms with E-state index in [1.165, 1.54) is 4.90 Å². The molecule has 1 heterocycles. The number of amides is 1. The van der Waals surface area contributed by atoms with Crippen LogP contribution in [-0.4, -0.2) is 64.6 Å². The lowest BCUT2D eigenvalue weighted by Crippen LogP contribution is -2.57. The molecule has 0 radical (unpaired) electrons. The van der Waals surface area contributed by atoms with Crippen LogP contribution in [0, 0.1) is 6.92 Å². The second-order valence-corrected chi connectivity index (χ2v) is 9.14. The first-order chi connectivity index (χ1) is 12.2. The Morgan fingerprint density at radius 2 is 1.73 bits per heavy atom. The molecule has 0 saturated carbocycles. The number of hydrogen-bond donors (Lipinski definition) is 1. The molecule has 2 rings (SSSR count). The van der Waals surface area contributed by atoms with E-state index < -0.39 is 14.6 Å². The Hall–Kier alpha value is -1.80. The van der Waals surface area contributed by atoms with Crippen LogP contribution in [0.4, 0.5) is 0 Å². The van der Waals surface area contributed by atoms with Crippen molar-refractivity contribution in [1.82, 2.24) is 10.2 Å². The monoisotopic (exact) mass is 384 g/mol. The van der Waals surface area contributed by atoms with Gasteiger partial charge in [0.2, 0.25) is 5.91 Å². The molecule has 0 unspecified atom stereocenters. The Kier molecular flexibility index (Phi) is 6.18. The number of rotatable bonds is 6. The van der Waals surface area contributed by atoms with Crippen molar-refractivity contribution < 1.29 is 22.7 Å². The molecular formula is C18H28N2O5S. The van der Waals surface area contributed by atoms with Crippen LogP contribution in [0.25, 0.3) is 0 Å². The fourth-order valence-electron chi connectivity index (χ4n) is 3.44. The van der Waals surface area contributed by atoms with Crippen molar-refractivity contribution in [2.75, 3.05) is 40.6 Å². The second kappa shape index (κ2) is 7.84. The number of carbonyl (C=O) groups is 1. The molecule has 0 atom stereocenters. The van der Waals surface area contributed by atoms with Gasteiger partial charge in [-0.05, 0) is 56.1 Å². The van der Waals surface area contributed by atoms with Crippen LogP contribution in [0.3, 0.4) is 0 Å². The van der Waals surface area contributed by atoms with Gasteiger partial charge < -0.3 is 19.7 Å². The molecular weight excluding hydrogens is 356 g/mol. The maximum absolute atomic E-state index is 13.1. The van der Waals surface area contributed by atoms with Crippen LogP contribution in [0.5, 0.6) is 11.5 Å². The van der Waals surface area contributed by atoms with Gasteiger partial charge in [-0.1, -0.05) is 0 Å². The number of carbonyl (C=O) groups excluding carboxylic acids is 1. The topological polar surface area (TPSA) is 84.9 Å². The summed E-state index contributed by atoms with van der Waals surface area (Å²) in [4.78, 5) is 14.6. The number of nitrogens with one attached hydrogen (secondary N) is 1. The van der Waals surface area contributed by atoms with Crippen molar-refractivity contribution in [1.29, 1.82) is 0 Å². The van der Waals surface area contributed by atoms with Gasteiger partial charge in [0, 0.05) is 19.8 Å². The van der Waals surface area contributed by atoms with E-state index in [-0.39, 0.29) is 5.91 Å². The highest BCUT2D eigenvalue weighted by Crippen LogP contribution is 2.33. The van der Waals surface area contributed by atoms with E-state index in [0.717, 1.165) is 17.4 Å². The van der Waals surface area contributed by atoms with E-state index in [2.05, 4.69) is 5.32 Å². The summed E-state index contributed by atoms with van der Waals surface area (Å²) in [6.45, 7) is 3.26. The van der Waals surface area contributed by atoms with Gasteiger partial charge in [0.1, 0.15) is 0 Å². The van der Waals surface area contributed by atoms with Gasteiger partial charge in [-0.2, -0.15) is 0 Å². The molecule has 0 aromatic heterocycles. The van der Waals surface area contributed by atoms with E-state index in [4.69, 9.17) is 9.47 Å². The summed E-state index contributed by atoms with van der Waals surface area (Å²) >= 11 is 0. The number of hydrogen-bond acceptors (Lipinski definition) is 6. The van der Waals surface area contributed by atoms with E-state index in [1.807, 2.05) is 19.1 Å². The summed E-state index contributed by atoms with van der Waals surface area (Å²) in [5.41, 5.74) is 1.83. The van der Waals surface area contributed by atoms with Crippen LogP contribution in [-0.2, 0) is 21.2 Å². The number of nitrogens with zero attached hydrogens (tertiary/aromatic N) is 1. The van der Waals surface area contributed by atoms with Gasteiger partial charge >= 0.3 is 0 Å². The summed E-state index contributed by atoms with van der Waals surface area (Å²) in [7, 11) is 1.24. The number of piperidine rings is 1. The Labute approximate surface area is 155 Å². The summed E-state index contributed by atoms with van der Waals surface area (Å²) in [6.07, 6.45) is 1.74. The highest BCUT2D eigenvalue weighted by molar-refractivity contribution is 7.92. The third-order valence-electron chi connectivity index (χ3n) is 5.11. The van der Waals surface area contributed by atoms with Gasteiger partial charge in [-0.3, -0.25) is 4.79 Å². The van der Waals surface area contributed by atoms with Crippen molar-refractivity contribution in [3.05, 3.63) is 23.3 Å². The van der Waals surface area contributed by atoms with Crippen molar-refractivity contribution in [2.45, 2.75) is 31.1 Å². The minimum Gasteiger partial charge on any atom is -0.493 e. The largest absolute Gasteiger partial charge is 0.493 e. The van der Waals surface area contributed by atoms with Crippen molar-refractivity contribution >= 4 is 15.7 Å². The highest BCUT2D eigenvalue weighted by Gasteiger charge is 2.49. The fraction of sp³-hybridized carbons (Fsp3) is 0.611. The zero-order valence-electron chi connectivity index (χ0n) is 16.1. The molecule has 1 aromatic carbocycles. The molecule has 1 aliphatic rings.